The first-order valence-electron chi connectivity index (χ1n) is 3.25. The molecule has 0 aromatic carbocycles. The van der Waals surface area contributed by atoms with Gasteiger partial charge in [-0.25, -0.2) is 0 Å². The molecule has 4 nitrogen and oxygen atoms in total. The second-order valence-corrected chi connectivity index (χ2v) is 2.33. The fraction of sp³-hybridized carbons (Fsp3) is 0.667. The molecule has 1 atom stereocenters. The van der Waals surface area contributed by atoms with Gasteiger partial charge < -0.3 is 10.6 Å². The summed E-state index contributed by atoms with van der Waals surface area (Å²) >= 11 is 0. The molecule has 1 aliphatic heterocycles. The summed E-state index contributed by atoms with van der Waals surface area (Å²) in [5.41, 5.74) is 0. The van der Waals surface area contributed by atoms with Crippen LogP contribution in [-0.4, -0.2) is 24.4 Å². The monoisotopic (exact) mass is 142 g/mol. The van der Waals surface area contributed by atoms with Crippen LogP contribution in [0.25, 0.3) is 0 Å². The largest absolute Gasteiger partial charge is 0.354 e. The Morgan fingerprint density at radius 1 is 1.80 bits per heavy atom. The van der Waals surface area contributed by atoms with E-state index in [9.17, 15) is 9.59 Å². The van der Waals surface area contributed by atoms with Gasteiger partial charge in [0.1, 0.15) is 6.04 Å². The van der Waals surface area contributed by atoms with Crippen molar-refractivity contribution >= 4 is 11.8 Å². The van der Waals surface area contributed by atoms with Gasteiger partial charge in [-0.3, -0.25) is 9.59 Å². The van der Waals surface area contributed by atoms with Crippen LogP contribution >= 0.6 is 0 Å². The smallest absolute Gasteiger partial charge is 0.242 e. The minimum atomic E-state index is -0.294. The molecule has 0 bridgehead atoms. The first-order valence-corrected chi connectivity index (χ1v) is 3.25. The first kappa shape index (κ1) is 7.05. The predicted octanol–water partition coefficient (Wildman–Crippen LogP) is -0.989. The number of amides is 2. The normalized spacial score (nSPS) is 24.1. The van der Waals surface area contributed by atoms with Crippen molar-refractivity contribution in [2.75, 3.05) is 6.54 Å². The third-order valence-electron chi connectivity index (χ3n) is 1.43. The number of nitrogens with one attached hydrogen (secondary N) is 2. The van der Waals surface area contributed by atoms with Crippen LogP contribution in [0.3, 0.4) is 0 Å². The minimum Gasteiger partial charge on any atom is -0.354 e. The minimum absolute atomic E-state index is 0.0739. The van der Waals surface area contributed by atoms with Gasteiger partial charge in [0.25, 0.3) is 0 Å². The third kappa shape index (κ3) is 1.46. The molecule has 0 saturated carbocycles. The molecule has 0 aromatic heterocycles. The van der Waals surface area contributed by atoms with E-state index in [1.165, 1.54) is 6.92 Å². The molecule has 0 aliphatic carbocycles. The maximum absolute atomic E-state index is 10.8. The van der Waals surface area contributed by atoms with Crippen LogP contribution in [0.5, 0.6) is 0 Å². The summed E-state index contributed by atoms with van der Waals surface area (Å²) in [5.74, 6) is -0.225. The van der Waals surface area contributed by atoms with Crippen molar-refractivity contribution in [3.05, 3.63) is 0 Å². The number of hydrogen-bond acceptors (Lipinski definition) is 2. The van der Waals surface area contributed by atoms with Crippen LogP contribution in [0.2, 0.25) is 0 Å². The zero-order chi connectivity index (χ0) is 7.56. The molecule has 10 heavy (non-hydrogen) atoms. The fourth-order valence-corrected chi connectivity index (χ4v) is 0.977. The van der Waals surface area contributed by atoms with Crippen molar-refractivity contribution < 1.29 is 9.59 Å². The zero-order valence-corrected chi connectivity index (χ0v) is 5.81. The van der Waals surface area contributed by atoms with E-state index < -0.39 is 0 Å². The highest BCUT2D eigenvalue weighted by Crippen LogP contribution is 1.97. The van der Waals surface area contributed by atoms with Gasteiger partial charge in [-0.1, -0.05) is 0 Å². The van der Waals surface area contributed by atoms with Gasteiger partial charge in [-0.15, -0.1) is 0 Å². The van der Waals surface area contributed by atoms with Crippen molar-refractivity contribution in [2.45, 2.75) is 19.4 Å². The van der Waals surface area contributed by atoms with Crippen LogP contribution in [0.15, 0.2) is 0 Å². The molecular weight excluding hydrogens is 132 g/mol. The molecule has 1 aliphatic rings. The summed E-state index contributed by atoms with van der Waals surface area (Å²) in [6.07, 6.45) is 0.707. The van der Waals surface area contributed by atoms with E-state index in [-0.39, 0.29) is 17.9 Å². The van der Waals surface area contributed by atoms with E-state index in [0.29, 0.717) is 13.0 Å². The number of carbonyl (C=O) groups is 2. The van der Waals surface area contributed by atoms with E-state index >= 15 is 0 Å². The van der Waals surface area contributed by atoms with Gasteiger partial charge in [-0.05, 0) is 6.42 Å². The molecule has 2 N–H and O–H groups in total. The van der Waals surface area contributed by atoms with E-state index in [0.717, 1.165) is 0 Å². The van der Waals surface area contributed by atoms with E-state index in [4.69, 9.17) is 0 Å². The molecule has 4 heteroatoms. The Balaban J connectivity index is 2.40. The molecule has 1 fully saturated rings. The maximum Gasteiger partial charge on any atom is 0.242 e. The molecule has 1 saturated heterocycles. The predicted molar refractivity (Wildman–Crippen MR) is 35.2 cm³/mol. The second-order valence-electron chi connectivity index (χ2n) is 2.33. The lowest BCUT2D eigenvalue weighted by atomic mass is 10.2. The highest BCUT2D eigenvalue weighted by molar-refractivity contribution is 5.88. The average molecular weight is 142 g/mol. The fourth-order valence-electron chi connectivity index (χ4n) is 0.977. The molecule has 0 unspecified atom stereocenters. The van der Waals surface area contributed by atoms with Gasteiger partial charge in [-0.2, -0.15) is 0 Å². The van der Waals surface area contributed by atoms with Crippen LogP contribution in [-0.2, 0) is 9.59 Å². The van der Waals surface area contributed by atoms with E-state index in [2.05, 4.69) is 10.6 Å². The molecule has 1 rings (SSSR count). The SMILES string of the molecule is CC(=O)N[C@@H]1CCNC1=O. The Hall–Kier alpha value is -1.06. The van der Waals surface area contributed by atoms with Gasteiger partial charge >= 0.3 is 0 Å². The van der Waals surface area contributed by atoms with Crippen LogP contribution < -0.4 is 10.6 Å². The highest BCUT2D eigenvalue weighted by atomic mass is 16.2. The molecule has 56 valence electrons. The molecular formula is C6H10N2O2. The van der Waals surface area contributed by atoms with E-state index in [1.807, 2.05) is 0 Å². The lowest BCUT2D eigenvalue weighted by Crippen LogP contribution is -2.38. The van der Waals surface area contributed by atoms with E-state index in [1.54, 1.807) is 0 Å². The summed E-state index contributed by atoms with van der Waals surface area (Å²) in [6.45, 7) is 2.08. The Morgan fingerprint density at radius 2 is 2.50 bits per heavy atom. The third-order valence-corrected chi connectivity index (χ3v) is 1.43. The topological polar surface area (TPSA) is 58.2 Å². The summed E-state index contributed by atoms with van der Waals surface area (Å²) < 4.78 is 0. The number of carbonyl (C=O) groups excluding carboxylic acids is 2. The van der Waals surface area contributed by atoms with Crippen molar-refractivity contribution in [1.82, 2.24) is 10.6 Å². The molecule has 0 spiro atoms. The summed E-state index contributed by atoms with van der Waals surface area (Å²) in [5, 5.41) is 5.16. The van der Waals surface area contributed by atoms with Crippen LogP contribution in [0.4, 0.5) is 0 Å². The summed E-state index contributed by atoms with van der Waals surface area (Å²) in [6, 6.07) is -0.294. The Labute approximate surface area is 59.0 Å². The van der Waals surface area contributed by atoms with Gasteiger partial charge in [0.15, 0.2) is 0 Å². The maximum atomic E-state index is 10.8. The Kier molecular flexibility index (Phi) is 1.89. The van der Waals surface area contributed by atoms with Gasteiger partial charge in [0.05, 0.1) is 0 Å². The summed E-state index contributed by atoms with van der Waals surface area (Å²) in [4.78, 5) is 21.2. The van der Waals surface area contributed by atoms with Crippen molar-refractivity contribution in [2.24, 2.45) is 0 Å². The van der Waals surface area contributed by atoms with Crippen molar-refractivity contribution in [3.63, 3.8) is 0 Å². The lowest BCUT2D eigenvalue weighted by molar-refractivity contribution is -0.126. The average Bonchev–Trinajstić information content (AvgIpc) is 2.15. The van der Waals surface area contributed by atoms with Gasteiger partial charge in [0, 0.05) is 13.5 Å². The van der Waals surface area contributed by atoms with Crippen LogP contribution in [0.1, 0.15) is 13.3 Å². The quantitative estimate of drug-likeness (QED) is 0.494. The molecule has 2 amide bonds. The molecule has 0 aromatic rings. The first-order chi connectivity index (χ1) is 4.70. The number of hydrogen-bond donors (Lipinski definition) is 2. The highest BCUT2D eigenvalue weighted by Gasteiger charge is 2.23. The Morgan fingerprint density at radius 3 is 2.90 bits per heavy atom. The Bertz CT molecular complexity index is 167. The molecule has 1 heterocycles. The van der Waals surface area contributed by atoms with Crippen molar-refractivity contribution in [3.8, 4) is 0 Å². The zero-order valence-electron chi connectivity index (χ0n) is 5.81. The number of rotatable bonds is 1. The second kappa shape index (κ2) is 2.68. The summed E-state index contributed by atoms with van der Waals surface area (Å²) in [7, 11) is 0. The lowest BCUT2D eigenvalue weighted by Gasteiger charge is -2.05. The van der Waals surface area contributed by atoms with Crippen molar-refractivity contribution in [1.29, 1.82) is 0 Å². The molecule has 0 radical (unpaired) electrons. The van der Waals surface area contributed by atoms with Crippen LogP contribution in [0, 0.1) is 0 Å². The standard InChI is InChI=1S/C6H10N2O2/c1-4(9)8-5-2-3-7-6(5)10/h5H,2-3H2,1H3,(H,7,10)(H,8,9)/t5-/m1/s1. The van der Waals surface area contributed by atoms with Gasteiger partial charge in [0.2, 0.25) is 11.8 Å².